The van der Waals surface area contributed by atoms with Gasteiger partial charge in [0.25, 0.3) is 5.91 Å². The van der Waals surface area contributed by atoms with Gasteiger partial charge in [-0.3, -0.25) is 9.69 Å². The summed E-state index contributed by atoms with van der Waals surface area (Å²) in [5, 5.41) is 0.557. The van der Waals surface area contributed by atoms with Crippen LogP contribution in [0.15, 0.2) is 46.3 Å². The zero-order valence-electron chi connectivity index (χ0n) is 19.8. The van der Waals surface area contributed by atoms with Gasteiger partial charge in [0, 0.05) is 6.54 Å². The number of thioether (sulfide) groups is 1. The van der Waals surface area contributed by atoms with Crippen molar-refractivity contribution in [3.63, 3.8) is 0 Å². The molecule has 0 saturated carbocycles. The Morgan fingerprint density at radius 2 is 2.00 bits per heavy atom. The number of carbonyl (C=O) groups is 2. The van der Waals surface area contributed by atoms with Crippen LogP contribution in [0.25, 0.3) is 6.08 Å². The molecular weight excluding hydrogens is 567 g/mol. The Bertz CT molecular complexity index is 1150. The highest BCUT2D eigenvalue weighted by Gasteiger charge is 2.32. The predicted octanol–water partition coefficient (Wildman–Crippen LogP) is 5.89. The fraction of sp³-hybridized carbons (Fsp3) is 0.320. The van der Waals surface area contributed by atoms with Crippen molar-refractivity contribution in [3.8, 4) is 11.5 Å². The van der Waals surface area contributed by atoms with Crippen molar-refractivity contribution in [1.29, 1.82) is 0 Å². The van der Waals surface area contributed by atoms with Crippen LogP contribution in [0.1, 0.15) is 43.6 Å². The molecule has 0 aliphatic carbocycles. The molecule has 0 atom stereocenters. The summed E-state index contributed by atoms with van der Waals surface area (Å²) in [6.45, 7) is 8.35. The van der Waals surface area contributed by atoms with Gasteiger partial charge >= 0.3 is 5.97 Å². The molecule has 7 nitrogen and oxygen atoms in total. The zero-order valence-corrected chi connectivity index (χ0v) is 22.7. The van der Waals surface area contributed by atoms with Crippen molar-refractivity contribution >= 4 is 63.2 Å². The molecular formula is C25H27IN2O5S. The minimum Gasteiger partial charge on any atom is -0.493 e. The molecule has 180 valence electrons. The lowest BCUT2D eigenvalue weighted by Crippen LogP contribution is -2.28. The quantitative estimate of drug-likeness (QED) is 0.216. The summed E-state index contributed by atoms with van der Waals surface area (Å²) in [6, 6.07) is 10.7. The summed E-state index contributed by atoms with van der Waals surface area (Å²) in [5.41, 5.74) is 1.82. The van der Waals surface area contributed by atoms with Crippen LogP contribution in [-0.4, -0.2) is 48.3 Å². The van der Waals surface area contributed by atoms with E-state index >= 15 is 0 Å². The number of esters is 1. The Morgan fingerprint density at radius 1 is 1.24 bits per heavy atom. The van der Waals surface area contributed by atoms with Crippen LogP contribution in [0.3, 0.4) is 0 Å². The first-order chi connectivity index (χ1) is 16.3. The minimum atomic E-state index is -0.402. The summed E-state index contributed by atoms with van der Waals surface area (Å²) in [7, 11) is 1.60. The highest BCUT2D eigenvalue weighted by atomic mass is 127. The van der Waals surface area contributed by atoms with Crippen LogP contribution in [0, 0.1) is 3.57 Å². The van der Waals surface area contributed by atoms with E-state index in [1.54, 1.807) is 43.2 Å². The molecule has 1 heterocycles. The van der Waals surface area contributed by atoms with Crippen molar-refractivity contribution in [1.82, 2.24) is 4.90 Å². The number of rotatable bonds is 8. The third-order valence-electron chi connectivity index (χ3n) is 4.69. The number of likely N-dealkylation sites (N-methyl/N-ethyl adjacent to an activating group) is 1. The Kier molecular flexibility index (Phi) is 9.01. The summed E-state index contributed by atoms with van der Waals surface area (Å²) >= 11 is 3.50. The van der Waals surface area contributed by atoms with Crippen LogP contribution in [-0.2, 0) is 9.53 Å². The van der Waals surface area contributed by atoms with Crippen LogP contribution in [0.5, 0.6) is 11.5 Å². The molecule has 3 rings (SSSR count). The van der Waals surface area contributed by atoms with Crippen LogP contribution < -0.4 is 9.47 Å². The molecule has 0 radical (unpaired) electrons. The zero-order chi connectivity index (χ0) is 24.8. The maximum absolute atomic E-state index is 13.1. The molecule has 9 heteroatoms. The van der Waals surface area contributed by atoms with E-state index in [1.165, 1.54) is 11.8 Å². The Morgan fingerprint density at radius 3 is 2.65 bits per heavy atom. The van der Waals surface area contributed by atoms with E-state index in [2.05, 4.69) is 27.6 Å². The van der Waals surface area contributed by atoms with Gasteiger partial charge < -0.3 is 14.2 Å². The molecule has 34 heavy (non-hydrogen) atoms. The van der Waals surface area contributed by atoms with Crippen LogP contribution >= 0.6 is 34.4 Å². The minimum absolute atomic E-state index is 0.0119. The number of nitrogens with zero attached hydrogens (tertiary/aromatic N) is 2. The third-order valence-corrected chi connectivity index (χ3v) is 6.50. The van der Waals surface area contributed by atoms with Crippen molar-refractivity contribution in [3.05, 3.63) is 56.0 Å². The Labute approximate surface area is 217 Å². The summed E-state index contributed by atoms with van der Waals surface area (Å²) in [6.07, 6.45) is 1.84. The number of methoxy groups -OCH3 is 1. The number of carbonyl (C=O) groups excluding carboxylic acids is 2. The number of halogens is 1. The molecule has 1 saturated heterocycles. The second kappa shape index (κ2) is 11.7. The SMILES string of the molecule is CCOC(=O)c1cccc(N=C2SC(=Cc3cc(I)c(OC(C)C)c(OC)c3)C(=O)N2CC)c1. The molecule has 1 aliphatic rings. The van der Waals surface area contributed by atoms with E-state index in [9.17, 15) is 9.59 Å². The third kappa shape index (κ3) is 6.12. The topological polar surface area (TPSA) is 77.4 Å². The van der Waals surface area contributed by atoms with Gasteiger partial charge in [-0.2, -0.15) is 0 Å². The first kappa shape index (κ1) is 26.1. The smallest absolute Gasteiger partial charge is 0.338 e. The highest BCUT2D eigenvalue weighted by molar-refractivity contribution is 14.1. The lowest BCUT2D eigenvalue weighted by molar-refractivity contribution is -0.122. The van der Waals surface area contributed by atoms with Gasteiger partial charge in [-0.15, -0.1) is 0 Å². The number of amides is 1. The van der Waals surface area contributed by atoms with E-state index < -0.39 is 5.97 Å². The average molecular weight is 594 g/mol. The lowest BCUT2D eigenvalue weighted by Gasteiger charge is -2.16. The number of ether oxygens (including phenoxy) is 3. The highest BCUT2D eigenvalue weighted by Crippen LogP contribution is 2.38. The summed E-state index contributed by atoms with van der Waals surface area (Å²) < 4.78 is 17.4. The van der Waals surface area contributed by atoms with E-state index in [-0.39, 0.29) is 12.0 Å². The van der Waals surface area contributed by atoms with Gasteiger partial charge in [0.05, 0.1) is 39.5 Å². The predicted molar refractivity (Wildman–Crippen MR) is 144 cm³/mol. The summed E-state index contributed by atoms with van der Waals surface area (Å²) in [5.74, 6) is 0.773. The molecule has 2 aromatic carbocycles. The van der Waals surface area contributed by atoms with Crippen LogP contribution in [0.2, 0.25) is 0 Å². The molecule has 1 amide bonds. The monoisotopic (exact) mass is 594 g/mol. The second-order valence-electron chi connectivity index (χ2n) is 7.53. The maximum atomic E-state index is 13.1. The van der Waals surface area contributed by atoms with E-state index in [1.807, 2.05) is 39.0 Å². The molecule has 0 N–H and O–H groups in total. The van der Waals surface area contributed by atoms with Crippen LogP contribution in [0.4, 0.5) is 5.69 Å². The van der Waals surface area contributed by atoms with E-state index in [0.29, 0.717) is 46.0 Å². The Hall–Kier alpha value is -2.53. The van der Waals surface area contributed by atoms with Gasteiger partial charge in [-0.1, -0.05) is 6.07 Å². The largest absolute Gasteiger partial charge is 0.493 e. The van der Waals surface area contributed by atoms with Gasteiger partial charge in [-0.25, -0.2) is 9.79 Å². The second-order valence-corrected chi connectivity index (χ2v) is 9.70. The number of hydrogen-bond acceptors (Lipinski definition) is 7. The van der Waals surface area contributed by atoms with Crippen molar-refractivity contribution in [2.24, 2.45) is 4.99 Å². The van der Waals surface area contributed by atoms with Gasteiger partial charge in [0.1, 0.15) is 0 Å². The molecule has 1 fully saturated rings. The number of amidine groups is 1. The molecule has 0 spiro atoms. The number of aliphatic imine (C=N–C) groups is 1. The maximum Gasteiger partial charge on any atom is 0.338 e. The van der Waals surface area contributed by atoms with Gasteiger partial charge in [0.15, 0.2) is 16.7 Å². The fourth-order valence-electron chi connectivity index (χ4n) is 3.22. The molecule has 2 aromatic rings. The molecule has 1 aliphatic heterocycles. The lowest BCUT2D eigenvalue weighted by atomic mass is 10.2. The van der Waals surface area contributed by atoms with E-state index in [0.717, 1.165) is 9.13 Å². The first-order valence-electron chi connectivity index (χ1n) is 10.9. The average Bonchev–Trinajstić information content (AvgIpc) is 3.09. The van der Waals surface area contributed by atoms with Gasteiger partial charge in [0.2, 0.25) is 0 Å². The standard InChI is InChI=1S/C25H27IN2O5S/c1-6-28-23(29)21(13-16-11-19(26)22(33-15(3)4)20(12-16)31-5)34-25(28)27-18-10-8-9-17(14-18)24(30)32-7-2/h8-15H,6-7H2,1-5H3. The van der Waals surface area contributed by atoms with E-state index in [4.69, 9.17) is 14.2 Å². The molecule has 0 unspecified atom stereocenters. The van der Waals surface area contributed by atoms with Crippen molar-refractivity contribution in [2.45, 2.75) is 33.8 Å². The van der Waals surface area contributed by atoms with Gasteiger partial charge in [-0.05, 0) is 104 Å². The number of hydrogen-bond donors (Lipinski definition) is 0. The molecule has 0 bridgehead atoms. The Balaban J connectivity index is 1.93. The first-order valence-corrected chi connectivity index (χ1v) is 12.8. The van der Waals surface area contributed by atoms with Crippen molar-refractivity contribution < 1.29 is 23.8 Å². The number of benzene rings is 2. The fourth-order valence-corrected chi connectivity index (χ4v) is 5.04. The normalized spacial score (nSPS) is 16.0. The van der Waals surface area contributed by atoms with Crippen molar-refractivity contribution in [2.75, 3.05) is 20.3 Å². The summed E-state index contributed by atoms with van der Waals surface area (Å²) in [4.78, 5) is 31.9. The molecule has 0 aromatic heterocycles.